The highest BCUT2D eigenvalue weighted by Gasteiger charge is 2.15. The Morgan fingerprint density at radius 1 is 1.28 bits per heavy atom. The zero-order valence-electron chi connectivity index (χ0n) is 14.5. The number of H-pyrrole nitrogens is 1. The maximum Gasteiger partial charge on any atom is 0.264 e. The Bertz CT molecular complexity index is 813. The number of hydrogen-bond donors (Lipinski definition) is 3. The molecule has 136 valence electrons. The number of aliphatic imine (C=N–C) groups is 1. The van der Waals surface area contributed by atoms with Crippen molar-refractivity contribution in [3.8, 4) is 0 Å². The number of thioether (sulfide) groups is 1. The van der Waals surface area contributed by atoms with Crippen molar-refractivity contribution in [3.05, 3.63) is 47.5 Å². The van der Waals surface area contributed by atoms with E-state index in [1.54, 1.807) is 49.4 Å². The maximum atomic E-state index is 12.3. The Hall–Kier alpha value is -2.00. The Morgan fingerprint density at radius 2 is 2.00 bits per heavy atom. The van der Waals surface area contributed by atoms with Crippen molar-refractivity contribution >= 4 is 27.7 Å². The predicted molar refractivity (Wildman–Crippen MR) is 102 cm³/mol. The fraction of sp³-hybridized carbons (Fsp3) is 0.375. The topological polar surface area (TPSA) is 99.2 Å². The van der Waals surface area contributed by atoms with E-state index in [0.29, 0.717) is 6.54 Å². The molecule has 0 aliphatic rings. The molecule has 1 aromatic carbocycles. The molecule has 25 heavy (non-hydrogen) atoms. The van der Waals surface area contributed by atoms with E-state index >= 15 is 0 Å². The van der Waals surface area contributed by atoms with Crippen LogP contribution in [0.1, 0.15) is 17.0 Å². The molecule has 3 N–H and O–H groups in total. The number of imidazole rings is 1. The molecule has 0 radical (unpaired) electrons. The van der Waals surface area contributed by atoms with Gasteiger partial charge in [-0.25, -0.2) is 18.1 Å². The van der Waals surface area contributed by atoms with Crippen LogP contribution in [0.3, 0.4) is 0 Å². The Kier molecular flexibility index (Phi) is 6.89. The molecule has 0 spiro atoms. The molecule has 1 heterocycles. The summed E-state index contributed by atoms with van der Waals surface area (Å²) in [5, 5.41) is 3.01. The highest BCUT2D eigenvalue weighted by Crippen LogP contribution is 2.12. The molecule has 0 saturated carbocycles. The summed E-state index contributed by atoms with van der Waals surface area (Å²) in [6.45, 7) is 4.49. The molecule has 0 bridgehead atoms. The van der Waals surface area contributed by atoms with Crippen LogP contribution in [-0.4, -0.2) is 43.7 Å². The van der Waals surface area contributed by atoms with Crippen LogP contribution < -0.4 is 10.0 Å². The summed E-state index contributed by atoms with van der Waals surface area (Å²) < 4.78 is 27.2. The van der Waals surface area contributed by atoms with E-state index in [1.807, 2.05) is 13.8 Å². The van der Waals surface area contributed by atoms with Crippen LogP contribution in [0, 0.1) is 13.8 Å². The van der Waals surface area contributed by atoms with Crippen molar-refractivity contribution < 1.29 is 8.42 Å². The molecular weight excluding hydrogens is 358 g/mol. The number of aryl methyl sites for hydroxylation is 2. The van der Waals surface area contributed by atoms with Gasteiger partial charge in [0.05, 0.1) is 16.9 Å². The highest BCUT2D eigenvalue weighted by molar-refractivity contribution is 7.98. The number of nitrogens with one attached hydrogen (secondary N) is 3. The van der Waals surface area contributed by atoms with Gasteiger partial charge in [-0.2, -0.15) is 11.8 Å². The summed E-state index contributed by atoms with van der Waals surface area (Å²) in [6.07, 6.45) is 1.69. The minimum atomic E-state index is -3.64. The van der Waals surface area contributed by atoms with Crippen LogP contribution in [0.25, 0.3) is 0 Å². The van der Waals surface area contributed by atoms with Gasteiger partial charge in [0, 0.05) is 30.8 Å². The standard InChI is InChI=1S/C16H23N5O2S2/c1-12-4-6-14(7-5-12)25(22,23)21-16(17-3)18-8-9-24-10-15-13(2)19-11-20-15/h4-7,11H,8-10H2,1-3H3,(H,19,20)(H2,17,18,21). The summed E-state index contributed by atoms with van der Waals surface area (Å²) in [5.41, 5.74) is 3.11. The zero-order valence-corrected chi connectivity index (χ0v) is 16.2. The fourth-order valence-electron chi connectivity index (χ4n) is 2.01. The van der Waals surface area contributed by atoms with Crippen molar-refractivity contribution in [2.45, 2.75) is 24.5 Å². The fourth-order valence-corrected chi connectivity index (χ4v) is 3.91. The van der Waals surface area contributed by atoms with E-state index in [-0.39, 0.29) is 10.9 Å². The monoisotopic (exact) mass is 381 g/mol. The largest absolute Gasteiger partial charge is 0.355 e. The van der Waals surface area contributed by atoms with Gasteiger partial charge in [-0.1, -0.05) is 17.7 Å². The average Bonchev–Trinajstić information content (AvgIpc) is 2.99. The van der Waals surface area contributed by atoms with Crippen molar-refractivity contribution in [2.75, 3.05) is 19.3 Å². The van der Waals surface area contributed by atoms with Crippen LogP contribution in [0.2, 0.25) is 0 Å². The van der Waals surface area contributed by atoms with Gasteiger partial charge >= 0.3 is 0 Å². The Morgan fingerprint density at radius 3 is 2.60 bits per heavy atom. The summed E-state index contributed by atoms with van der Waals surface area (Å²) in [7, 11) is -2.09. The lowest BCUT2D eigenvalue weighted by Crippen LogP contribution is -2.41. The molecule has 0 aliphatic heterocycles. The van der Waals surface area contributed by atoms with E-state index in [1.165, 1.54) is 0 Å². The Balaban J connectivity index is 1.80. The second-order valence-corrected chi connectivity index (χ2v) is 8.23. The van der Waals surface area contributed by atoms with Crippen molar-refractivity contribution in [3.63, 3.8) is 0 Å². The van der Waals surface area contributed by atoms with Gasteiger partial charge < -0.3 is 10.3 Å². The molecule has 7 nitrogen and oxygen atoms in total. The molecule has 2 rings (SSSR count). The van der Waals surface area contributed by atoms with Gasteiger partial charge in [0.25, 0.3) is 10.0 Å². The third-order valence-electron chi connectivity index (χ3n) is 3.50. The Labute approximate surface area is 152 Å². The van der Waals surface area contributed by atoms with Crippen molar-refractivity contribution in [1.82, 2.24) is 20.0 Å². The summed E-state index contributed by atoms with van der Waals surface area (Å²) >= 11 is 1.72. The lowest BCUT2D eigenvalue weighted by atomic mass is 10.2. The summed E-state index contributed by atoms with van der Waals surface area (Å²) in [6, 6.07) is 6.68. The molecule has 2 aromatic rings. The molecule has 0 fully saturated rings. The van der Waals surface area contributed by atoms with Gasteiger partial charge in [0.1, 0.15) is 0 Å². The second kappa shape index (κ2) is 8.91. The molecular formula is C16H23N5O2S2. The van der Waals surface area contributed by atoms with Crippen LogP contribution in [0.4, 0.5) is 0 Å². The first-order valence-corrected chi connectivity index (χ1v) is 10.4. The zero-order chi connectivity index (χ0) is 18.3. The van der Waals surface area contributed by atoms with E-state index in [4.69, 9.17) is 0 Å². The number of nitrogens with zero attached hydrogens (tertiary/aromatic N) is 2. The minimum Gasteiger partial charge on any atom is -0.355 e. The molecule has 0 aliphatic carbocycles. The van der Waals surface area contributed by atoms with Crippen LogP contribution in [0.5, 0.6) is 0 Å². The lowest BCUT2D eigenvalue weighted by molar-refractivity contribution is 0.591. The van der Waals surface area contributed by atoms with E-state index in [2.05, 4.69) is 25.0 Å². The average molecular weight is 382 g/mol. The SMILES string of the molecule is CN=C(NCCSCc1nc[nH]c1C)NS(=O)(=O)c1ccc(C)cc1. The highest BCUT2D eigenvalue weighted by atomic mass is 32.2. The molecule has 0 amide bonds. The first-order chi connectivity index (χ1) is 11.9. The maximum absolute atomic E-state index is 12.3. The van der Waals surface area contributed by atoms with Crippen LogP contribution >= 0.6 is 11.8 Å². The molecule has 0 atom stereocenters. The first kappa shape index (κ1) is 19.3. The van der Waals surface area contributed by atoms with Crippen molar-refractivity contribution in [1.29, 1.82) is 0 Å². The number of aromatic amines is 1. The number of aromatic nitrogens is 2. The second-order valence-electron chi connectivity index (χ2n) is 5.44. The van der Waals surface area contributed by atoms with Crippen LogP contribution in [-0.2, 0) is 15.8 Å². The van der Waals surface area contributed by atoms with Crippen molar-refractivity contribution in [2.24, 2.45) is 4.99 Å². The van der Waals surface area contributed by atoms with Gasteiger partial charge in [0.2, 0.25) is 5.96 Å². The number of benzene rings is 1. The summed E-state index contributed by atoms with van der Waals surface area (Å²) in [5.74, 6) is 1.85. The van der Waals surface area contributed by atoms with Gasteiger partial charge in [-0.15, -0.1) is 0 Å². The lowest BCUT2D eigenvalue weighted by Gasteiger charge is -2.12. The van der Waals surface area contributed by atoms with Gasteiger partial charge in [0.15, 0.2) is 0 Å². The number of rotatable bonds is 7. The third kappa shape index (κ3) is 5.79. The van der Waals surface area contributed by atoms with Gasteiger partial charge in [-0.3, -0.25) is 4.99 Å². The molecule has 9 heteroatoms. The molecule has 0 saturated heterocycles. The minimum absolute atomic E-state index is 0.212. The smallest absolute Gasteiger partial charge is 0.264 e. The quantitative estimate of drug-likeness (QED) is 0.386. The number of guanidine groups is 1. The summed E-state index contributed by atoms with van der Waals surface area (Å²) in [4.78, 5) is 11.5. The van der Waals surface area contributed by atoms with E-state index in [9.17, 15) is 8.42 Å². The predicted octanol–water partition coefficient (Wildman–Crippen LogP) is 1.81. The normalized spacial score (nSPS) is 12.2. The number of hydrogen-bond acceptors (Lipinski definition) is 5. The van der Waals surface area contributed by atoms with E-state index < -0.39 is 10.0 Å². The van der Waals surface area contributed by atoms with Crippen LogP contribution in [0.15, 0.2) is 40.5 Å². The van der Waals surface area contributed by atoms with E-state index in [0.717, 1.165) is 28.5 Å². The number of sulfonamides is 1. The molecule has 0 unspecified atom stereocenters. The first-order valence-electron chi connectivity index (χ1n) is 7.79. The molecule has 1 aromatic heterocycles. The van der Waals surface area contributed by atoms with Gasteiger partial charge in [-0.05, 0) is 26.0 Å². The third-order valence-corrected chi connectivity index (χ3v) is 5.82.